The summed E-state index contributed by atoms with van der Waals surface area (Å²) < 4.78 is 12.3. The smallest absolute Gasteiger partial charge is 0.349 e. The minimum absolute atomic E-state index is 0.0983. The van der Waals surface area contributed by atoms with Crippen LogP contribution in [0.2, 0.25) is 0 Å². The third-order valence-corrected chi connectivity index (χ3v) is 7.07. The van der Waals surface area contributed by atoms with Gasteiger partial charge < -0.3 is 14.4 Å². The highest BCUT2D eigenvalue weighted by Crippen LogP contribution is 2.29. The van der Waals surface area contributed by atoms with E-state index in [0.717, 1.165) is 48.4 Å². The molecule has 0 aliphatic carbocycles. The average molecular weight is 470 g/mol. The van der Waals surface area contributed by atoms with Crippen LogP contribution in [-0.2, 0) is 29.0 Å². The Balaban J connectivity index is 1.46. The van der Waals surface area contributed by atoms with Crippen molar-refractivity contribution in [1.82, 2.24) is 14.5 Å². The monoisotopic (exact) mass is 469 g/mol. The molecule has 0 saturated heterocycles. The molecule has 0 fully saturated rings. The van der Waals surface area contributed by atoms with Gasteiger partial charge in [-0.25, -0.2) is 9.78 Å². The summed E-state index contributed by atoms with van der Waals surface area (Å²) >= 11 is 1.15. The van der Waals surface area contributed by atoms with Crippen molar-refractivity contribution in [3.05, 3.63) is 56.4 Å². The molecule has 8 nitrogen and oxygen atoms in total. The molecular formula is C24H27N3O5S. The quantitative estimate of drug-likeness (QED) is 0.515. The fraction of sp³-hybridized carbons (Fsp3) is 0.417. The summed E-state index contributed by atoms with van der Waals surface area (Å²) in [7, 11) is 3.24. The van der Waals surface area contributed by atoms with Gasteiger partial charge in [-0.05, 0) is 43.0 Å². The van der Waals surface area contributed by atoms with Gasteiger partial charge in [0, 0.05) is 26.6 Å². The maximum atomic E-state index is 13.1. The number of esters is 1. The van der Waals surface area contributed by atoms with Crippen molar-refractivity contribution in [2.24, 2.45) is 0 Å². The molecule has 0 bridgehead atoms. The van der Waals surface area contributed by atoms with Crippen LogP contribution in [0.4, 0.5) is 0 Å². The Labute approximate surface area is 195 Å². The first-order chi connectivity index (χ1) is 15.9. The summed E-state index contributed by atoms with van der Waals surface area (Å²) in [4.78, 5) is 45.4. The zero-order chi connectivity index (χ0) is 23.5. The Bertz CT molecular complexity index is 1260. The van der Waals surface area contributed by atoms with Crippen molar-refractivity contribution in [2.45, 2.75) is 45.7 Å². The second kappa shape index (κ2) is 9.74. The predicted molar refractivity (Wildman–Crippen MR) is 126 cm³/mol. The number of hydrogen-bond donors (Lipinski definition) is 0. The first-order valence-electron chi connectivity index (χ1n) is 11.0. The van der Waals surface area contributed by atoms with Gasteiger partial charge in [-0.2, -0.15) is 0 Å². The molecule has 33 heavy (non-hydrogen) atoms. The summed E-state index contributed by atoms with van der Waals surface area (Å²) in [6.07, 6.45) is 3.79. The summed E-state index contributed by atoms with van der Waals surface area (Å²) in [5.41, 5.74) is 1.37. The third-order valence-electron chi connectivity index (χ3n) is 5.90. The molecule has 3 aromatic rings. The van der Waals surface area contributed by atoms with E-state index < -0.39 is 5.97 Å². The van der Waals surface area contributed by atoms with E-state index >= 15 is 0 Å². The third kappa shape index (κ3) is 4.78. The van der Waals surface area contributed by atoms with Crippen molar-refractivity contribution in [3.8, 4) is 5.75 Å². The number of ether oxygens (including phenoxy) is 2. The molecule has 9 heteroatoms. The molecule has 1 aliphatic rings. The molecule has 0 unspecified atom stereocenters. The van der Waals surface area contributed by atoms with Crippen molar-refractivity contribution in [1.29, 1.82) is 0 Å². The van der Waals surface area contributed by atoms with Gasteiger partial charge in [0.05, 0.1) is 12.5 Å². The molecule has 0 saturated carbocycles. The molecule has 174 valence electrons. The van der Waals surface area contributed by atoms with Crippen LogP contribution in [0.1, 0.15) is 45.9 Å². The number of methoxy groups -OCH3 is 1. The molecule has 1 aromatic carbocycles. The number of hydrogen-bond acceptors (Lipinski definition) is 7. The second-order valence-electron chi connectivity index (χ2n) is 8.21. The van der Waals surface area contributed by atoms with Gasteiger partial charge in [0.25, 0.3) is 11.5 Å². The lowest BCUT2D eigenvalue weighted by Crippen LogP contribution is -2.30. The highest BCUT2D eigenvalue weighted by Gasteiger charge is 2.24. The van der Waals surface area contributed by atoms with Crippen molar-refractivity contribution in [3.63, 3.8) is 0 Å². The van der Waals surface area contributed by atoms with E-state index in [0.29, 0.717) is 39.5 Å². The summed E-state index contributed by atoms with van der Waals surface area (Å²) in [5.74, 6) is 0.551. The van der Waals surface area contributed by atoms with E-state index in [1.807, 2.05) is 24.3 Å². The fourth-order valence-electron chi connectivity index (χ4n) is 4.04. The van der Waals surface area contributed by atoms with Gasteiger partial charge in [0.1, 0.15) is 21.3 Å². The fourth-order valence-corrected chi connectivity index (χ4v) is 5.12. The Morgan fingerprint density at radius 2 is 2.06 bits per heavy atom. The maximum absolute atomic E-state index is 13.1. The molecule has 2 aromatic heterocycles. The highest BCUT2D eigenvalue weighted by molar-refractivity contribution is 7.20. The lowest BCUT2D eigenvalue weighted by Gasteiger charge is -2.17. The molecule has 1 aliphatic heterocycles. The van der Waals surface area contributed by atoms with Crippen LogP contribution in [0.15, 0.2) is 29.1 Å². The van der Waals surface area contributed by atoms with Gasteiger partial charge in [0.2, 0.25) is 0 Å². The topological polar surface area (TPSA) is 90.7 Å². The zero-order valence-electron chi connectivity index (χ0n) is 19.1. The number of benzene rings is 1. The SMILES string of the molecule is COc1cccc(CN(C)C(=O)COC(=O)c2sc3nc4n(c(=O)c3c2C)CCCCC4)c1. The van der Waals surface area contributed by atoms with Crippen molar-refractivity contribution >= 4 is 33.4 Å². The zero-order valence-corrected chi connectivity index (χ0v) is 19.9. The van der Waals surface area contributed by atoms with Crippen LogP contribution in [0, 0.1) is 6.92 Å². The number of likely N-dealkylation sites (N-methyl/N-ethyl adjacent to an activating group) is 1. The van der Waals surface area contributed by atoms with E-state index in [-0.39, 0.29) is 18.1 Å². The lowest BCUT2D eigenvalue weighted by molar-refractivity contribution is -0.133. The molecular weight excluding hydrogens is 442 g/mol. The van der Waals surface area contributed by atoms with Crippen LogP contribution in [0.25, 0.3) is 10.2 Å². The van der Waals surface area contributed by atoms with Crippen LogP contribution in [-0.4, -0.2) is 47.1 Å². The molecule has 4 rings (SSSR count). The Morgan fingerprint density at radius 3 is 2.85 bits per heavy atom. The Kier molecular flexibility index (Phi) is 6.78. The van der Waals surface area contributed by atoms with E-state index in [9.17, 15) is 14.4 Å². The normalized spacial score (nSPS) is 13.3. The Morgan fingerprint density at radius 1 is 1.24 bits per heavy atom. The van der Waals surface area contributed by atoms with E-state index in [1.54, 1.807) is 25.6 Å². The van der Waals surface area contributed by atoms with E-state index in [4.69, 9.17) is 9.47 Å². The molecule has 3 heterocycles. The van der Waals surface area contributed by atoms with Gasteiger partial charge >= 0.3 is 5.97 Å². The predicted octanol–water partition coefficient (Wildman–Crippen LogP) is 3.32. The van der Waals surface area contributed by atoms with Crippen LogP contribution >= 0.6 is 11.3 Å². The largest absolute Gasteiger partial charge is 0.497 e. The maximum Gasteiger partial charge on any atom is 0.349 e. The number of aromatic nitrogens is 2. The summed E-state index contributed by atoms with van der Waals surface area (Å²) in [6.45, 7) is 2.37. The van der Waals surface area contributed by atoms with Gasteiger partial charge in [-0.15, -0.1) is 11.3 Å². The van der Waals surface area contributed by atoms with Crippen molar-refractivity contribution < 1.29 is 19.1 Å². The summed E-state index contributed by atoms with van der Waals surface area (Å²) in [5, 5.41) is 0.471. The molecule has 0 atom stereocenters. The summed E-state index contributed by atoms with van der Waals surface area (Å²) in [6, 6.07) is 7.43. The van der Waals surface area contributed by atoms with Crippen LogP contribution in [0.3, 0.4) is 0 Å². The number of thiophene rings is 1. The number of nitrogens with zero attached hydrogens (tertiary/aromatic N) is 3. The van der Waals surface area contributed by atoms with Crippen LogP contribution < -0.4 is 10.3 Å². The molecule has 1 amide bonds. The van der Waals surface area contributed by atoms with E-state index in [2.05, 4.69) is 4.98 Å². The van der Waals surface area contributed by atoms with Crippen LogP contribution in [0.5, 0.6) is 5.75 Å². The number of rotatable bonds is 6. The van der Waals surface area contributed by atoms with Gasteiger partial charge in [-0.1, -0.05) is 18.6 Å². The molecule has 0 radical (unpaired) electrons. The average Bonchev–Trinajstić information content (AvgIpc) is 2.97. The first-order valence-corrected chi connectivity index (χ1v) is 11.8. The number of amides is 1. The molecule has 0 N–H and O–H groups in total. The second-order valence-corrected chi connectivity index (χ2v) is 9.21. The number of aryl methyl sites for hydroxylation is 2. The Hall–Kier alpha value is -3.20. The number of carbonyl (C=O) groups is 2. The van der Waals surface area contributed by atoms with Gasteiger partial charge in [0.15, 0.2) is 6.61 Å². The number of fused-ring (bicyclic) bond motifs is 2. The molecule has 0 spiro atoms. The van der Waals surface area contributed by atoms with E-state index in [1.165, 1.54) is 4.90 Å². The number of carbonyl (C=O) groups excluding carboxylic acids is 2. The minimum Gasteiger partial charge on any atom is -0.497 e. The highest BCUT2D eigenvalue weighted by atomic mass is 32.1. The van der Waals surface area contributed by atoms with Crippen molar-refractivity contribution in [2.75, 3.05) is 20.8 Å². The lowest BCUT2D eigenvalue weighted by atomic mass is 10.2. The first kappa shape index (κ1) is 23.0. The minimum atomic E-state index is -0.613. The standard InChI is InChI=1S/C24H27N3O5S/c1-15-20-22(25-18-10-5-4-6-11-27(18)23(20)29)33-21(15)24(30)32-14-19(28)26(2)13-16-8-7-9-17(12-16)31-3/h7-9,12H,4-6,10-11,13-14H2,1-3H3. The van der Waals surface area contributed by atoms with Gasteiger partial charge in [-0.3, -0.25) is 14.2 Å².